The summed E-state index contributed by atoms with van der Waals surface area (Å²) < 4.78 is 0. The third kappa shape index (κ3) is 10.5. The maximum atomic E-state index is 10.6. The average Bonchev–Trinajstić information content (AvgIpc) is 2.44. The van der Waals surface area contributed by atoms with Gasteiger partial charge in [-0.05, 0) is 19.1 Å². The van der Waals surface area contributed by atoms with Gasteiger partial charge in [-0.3, -0.25) is 4.79 Å². The summed E-state index contributed by atoms with van der Waals surface area (Å²) in [6.07, 6.45) is 0.0207. The van der Waals surface area contributed by atoms with Crippen LogP contribution in [-0.4, -0.2) is 18.3 Å². The lowest BCUT2D eigenvalue weighted by molar-refractivity contribution is -0.152. The Bertz CT molecular complexity index is 501. The van der Waals surface area contributed by atoms with E-state index < -0.39 is 5.97 Å². The smallest absolute Gasteiger partial charge is 0.332 e. The van der Waals surface area contributed by atoms with E-state index in [0.29, 0.717) is 5.56 Å². The molecule has 0 unspecified atom stereocenters. The van der Waals surface area contributed by atoms with Crippen LogP contribution in [0.1, 0.15) is 25.3 Å². The van der Waals surface area contributed by atoms with E-state index in [9.17, 15) is 9.59 Å². The molecular weight excluding hydrogens is 258 g/mol. The normalized spacial score (nSPS) is 8.35. The van der Waals surface area contributed by atoms with Crippen LogP contribution in [0, 0.1) is 22.7 Å². The van der Waals surface area contributed by atoms with Crippen molar-refractivity contribution in [3.05, 3.63) is 35.9 Å². The average molecular weight is 273 g/mol. The number of carbonyl (C=O) groups is 2. The van der Waals surface area contributed by atoms with E-state index in [4.69, 9.17) is 10.5 Å². The molecule has 0 bridgehead atoms. The number of benzene rings is 1. The maximum Gasteiger partial charge on any atom is 0.332 e. The first-order valence-corrected chi connectivity index (χ1v) is 5.84. The Balaban J connectivity index is 0.000000388. The highest BCUT2D eigenvalue weighted by molar-refractivity contribution is 5.93. The second-order valence-electron chi connectivity index (χ2n) is 3.63. The lowest BCUT2D eigenvalue weighted by Gasteiger charge is -2.00. The van der Waals surface area contributed by atoms with Crippen LogP contribution in [0.15, 0.2) is 30.3 Å². The molecule has 0 atom stereocenters. The Hall–Kier alpha value is -2.70. The first-order chi connectivity index (χ1) is 9.60. The summed E-state index contributed by atoms with van der Waals surface area (Å²) in [4.78, 5) is 25.4. The van der Waals surface area contributed by atoms with E-state index in [2.05, 4.69) is 10.3 Å². The van der Waals surface area contributed by atoms with Crippen molar-refractivity contribution in [1.29, 1.82) is 10.5 Å². The summed E-state index contributed by atoms with van der Waals surface area (Å²) in [7, 11) is 0. The molecule has 1 N–H and O–H groups in total. The van der Waals surface area contributed by atoms with Crippen molar-refractivity contribution in [3.8, 4) is 12.1 Å². The highest BCUT2D eigenvalue weighted by Gasteiger charge is 2.05. The molecule has 1 aromatic carbocycles. The zero-order chi connectivity index (χ0) is 15.2. The number of rotatable bonds is 5. The quantitative estimate of drug-likeness (QED) is 0.495. The number of hydrogen-bond acceptors (Lipinski definition) is 6. The lowest BCUT2D eigenvalue weighted by Crippen LogP contribution is -2.21. The van der Waals surface area contributed by atoms with Crippen LogP contribution in [0.25, 0.3) is 0 Å². The van der Waals surface area contributed by atoms with Gasteiger partial charge in [-0.1, -0.05) is 18.2 Å². The van der Waals surface area contributed by atoms with Gasteiger partial charge < -0.3 is 4.84 Å². The zero-order valence-corrected chi connectivity index (χ0v) is 11.1. The highest BCUT2D eigenvalue weighted by Crippen LogP contribution is 1.93. The Labute approximate surface area is 117 Å². The summed E-state index contributed by atoms with van der Waals surface area (Å²) in [5.74, 6) is -0.873. The van der Waals surface area contributed by atoms with E-state index in [-0.39, 0.29) is 25.2 Å². The number of Topliss-reactive ketones (excluding diaryl/α,β-unsaturated/α-hetero) is 1. The number of hydroxylamine groups is 1. The molecule has 0 radical (unpaired) electrons. The molecule has 0 spiro atoms. The van der Waals surface area contributed by atoms with Crippen LogP contribution in [-0.2, 0) is 14.4 Å². The molecule has 0 saturated carbocycles. The molecular formula is C14H15N3O3. The van der Waals surface area contributed by atoms with Gasteiger partial charge in [-0.25, -0.2) is 4.79 Å². The molecule has 0 aliphatic carbocycles. The largest absolute Gasteiger partial charge is 0.370 e. The number of nitrogens with zero attached hydrogens (tertiary/aromatic N) is 2. The number of nitrogens with one attached hydrogen (secondary N) is 1. The van der Waals surface area contributed by atoms with Crippen LogP contribution in [0.5, 0.6) is 0 Å². The maximum absolute atomic E-state index is 10.6. The number of hydrogen-bond donors (Lipinski definition) is 1. The van der Waals surface area contributed by atoms with E-state index in [1.165, 1.54) is 6.92 Å². The van der Waals surface area contributed by atoms with Crippen molar-refractivity contribution in [1.82, 2.24) is 5.48 Å². The van der Waals surface area contributed by atoms with Crippen molar-refractivity contribution >= 4 is 11.8 Å². The van der Waals surface area contributed by atoms with E-state index in [0.717, 1.165) is 0 Å². The molecule has 1 rings (SSSR count). The standard InChI is InChI=1S/C7H10N2O3.C7H5N/c1-6(10)5-7(11)12-9-4-2-3-8;8-6-7-4-2-1-3-5-7/h9H,2,4-5H2,1H3;1-5H. The Kier molecular flexibility index (Phi) is 9.86. The van der Waals surface area contributed by atoms with Gasteiger partial charge >= 0.3 is 5.97 Å². The van der Waals surface area contributed by atoms with Gasteiger partial charge in [0.15, 0.2) is 0 Å². The van der Waals surface area contributed by atoms with Crippen molar-refractivity contribution in [2.45, 2.75) is 19.8 Å². The van der Waals surface area contributed by atoms with Crippen molar-refractivity contribution < 1.29 is 14.4 Å². The first-order valence-electron chi connectivity index (χ1n) is 5.84. The van der Waals surface area contributed by atoms with E-state index in [1.54, 1.807) is 12.1 Å². The van der Waals surface area contributed by atoms with Crippen molar-refractivity contribution in [2.75, 3.05) is 6.54 Å². The second-order valence-corrected chi connectivity index (χ2v) is 3.63. The van der Waals surface area contributed by atoms with Gasteiger partial charge in [0.25, 0.3) is 0 Å². The third-order valence-electron chi connectivity index (χ3n) is 1.82. The Morgan fingerprint density at radius 1 is 1.25 bits per heavy atom. The summed E-state index contributed by atoms with van der Waals surface area (Å²) in [6.45, 7) is 1.58. The van der Waals surface area contributed by atoms with Crippen LogP contribution in [0.3, 0.4) is 0 Å². The monoisotopic (exact) mass is 273 g/mol. The van der Waals surface area contributed by atoms with Gasteiger partial charge in [0.2, 0.25) is 0 Å². The Morgan fingerprint density at radius 2 is 1.90 bits per heavy atom. The SMILES string of the molecule is CC(=O)CC(=O)ONCCC#N.N#Cc1ccccc1. The van der Waals surface area contributed by atoms with Crippen LogP contribution >= 0.6 is 0 Å². The van der Waals surface area contributed by atoms with Crippen LogP contribution < -0.4 is 5.48 Å². The minimum Gasteiger partial charge on any atom is -0.370 e. The molecule has 104 valence electrons. The summed E-state index contributed by atoms with van der Waals surface area (Å²) in [6, 6.07) is 13.0. The summed E-state index contributed by atoms with van der Waals surface area (Å²) in [5, 5.41) is 16.4. The van der Waals surface area contributed by atoms with Crippen molar-refractivity contribution in [3.63, 3.8) is 0 Å². The third-order valence-corrected chi connectivity index (χ3v) is 1.82. The van der Waals surface area contributed by atoms with Gasteiger partial charge in [0.05, 0.1) is 24.1 Å². The molecule has 6 nitrogen and oxygen atoms in total. The predicted octanol–water partition coefficient (Wildman–Crippen LogP) is 1.49. The number of nitriles is 2. The van der Waals surface area contributed by atoms with Gasteiger partial charge in [-0.15, -0.1) is 0 Å². The fourth-order valence-electron chi connectivity index (χ4n) is 0.990. The van der Waals surface area contributed by atoms with Gasteiger partial charge in [0, 0.05) is 6.54 Å². The molecule has 20 heavy (non-hydrogen) atoms. The topological polar surface area (TPSA) is 103 Å². The summed E-state index contributed by atoms with van der Waals surface area (Å²) in [5.41, 5.74) is 2.98. The molecule has 6 heteroatoms. The molecule has 0 amide bonds. The molecule has 1 aromatic rings. The second kappa shape index (κ2) is 11.4. The molecule has 0 aliphatic heterocycles. The highest BCUT2D eigenvalue weighted by atomic mass is 16.7. The minimum atomic E-state index is -0.625. The summed E-state index contributed by atoms with van der Waals surface area (Å²) >= 11 is 0. The molecule has 0 saturated heterocycles. The predicted molar refractivity (Wildman–Crippen MR) is 70.8 cm³/mol. The van der Waals surface area contributed by atoms with E-state index in [1.807, 2.05) is 30.3 Å². The lowest BCUT2D eigenvalue weighted by atomic mass is 10.2. The van der Waals surface area contributed by atoms with Crippen molar-refractivity contribution in [2.24, 2.45) is 0 Å². The van der Waals surface area contributed by atoms with Crippen LogP contribution in [0.4, 0.5) is 0 Å². The number of ketones is 1. The molecule has 0 aromatic heterocycles. The minimum absolute atomic E-state index is 0.237. The van der Waals surface area contributed by atoms with Gasteiger partial charge in [0.1, 0.15) is 12.2 Å². The van der Waals surface area contributed by atoms with E-state index >= 15 is 0 Å². The number of carbonyl (C=O) groups excluding carboxylic acids is 2. The molecule has 0 fully saturated rings. The fraction of sp³-hybridized carbons (Fsp3) is 0.286. The molecule has 0 heterocycles. The van der Waals surface area contributed by atoms with Crippen LogP contribution in [0.2, 0.25) is 0 Å². The Morgan fingerprint density at radius 3 is 2.35 bits per heavy atom. The first kappa shape index (κ1) is 17.3. The molecule has 0 aliphatic rings. The fourth-order valence-corrected chi connectivity index (χ4v) is 0.990. The van der Waals surface area contributed by atoms with Gasteiger partial charge in [-0.2, -0.15) is 16.0 Å². The zero-order valence-electron chi connectivity index (χ0n) is 11.1.